The fraction of sp³-hybridized carbons (Fsp3) is 0.909. The molecule has 0 aromatic carbocycles. The van der Waals surface area contributed by atoms with Crippen LogP contribution in [0.2, 0.25) is 31.4 Å². The molecule has 0 bridgehead atoms. The van der Waals surface area contributed by atoms with Crippen LogP contribution in [-0.2, 0) is 4.43 Å². The molecule has 0 aliphatic carbocycles. The van der Waals surface area contributed by atoms with Crippen LogP contribution < -0.4 is 0 Å². The maximum atomic E-state index is 6.31. The molecule has 0 aromatic rings. The SMILES string of the molecule is CCC[CH2][Sn]([C]#CCCO[Si](C)(C)C(C)(C)C)([CH2]CCC)[CH2]CCC. The number of hydrogen-bond acceptors (Lipinski definition) is 1. The van der Waals surface area contributed by atoms with Gasteiger partial charge in [0.25, 0.3) is 0 Å². The Balaban J connectivity index is 4.85. The van der Waals surface area contributed by atoms with Gasteiger partial charge in [0.2, 0.25) is 0 Å². The fourth-order valence-electron chi connectivity index (χ4n) is 2.93. The van der Waals surface area contributed by atoms with Gasteiger partial charge in [0.05, 0.1) is 0 Å². The summed E-state index contributed by atoms with van der Waals surface area (Å²) < 4.78 is 14.7. The van der Waals surface area contributed by atoms with Gasteiger partial charge in [-0.2, -0.15) is 0 Å². The van der Waals surface area contributed by atoms with Gasteiger partial charge in [-0.1, -0.05) is 0 Å². The van der Waals surface area contributed by atoms with E-state index in [2.05, 4.69) is 64.5 Å². The molecule has 0 radical (unpaired) electrons. The molecule has 1 nitrogen and oxygen atoms in total. The Labute approximate surface area is 165 Å². The Kier molecular flexibility index (Phi) is 13.1. The third-order valence-corrected chi connectivity index (χ3v) is 23.7. The van der Waals surface area contributed by atoms with Gasteiger partial charge in [-0.15, -0.1) is 0 Å². The van der Waals surface area contributed by atoms with Gasteiger partial charge in [0.15, 0.2) is 0 Å². The molecule has 0 saturated carbocycles. The van der Waals surface area contributed by atoms with Gasteiger partial charge in [-0.3, -0.25) is 0 Å². The summed E-state index contributed by atoms with van der Waals surface area (Å²) in [6, 6.07) is 0. The zero-order chi connectivity index (χ0) is 19.4. The molecular formula is C22H46OSiSn. The van der Waals surface area contributed by atoms with E-state index in [1.807, 2.05) is 0 Å². The van der Waals surface area contributed by atoms with Crippen molar-refractivity contribution in [3.8, 4) is 9.86 Å². The van der Waals surface area contributed by atoms with E-state index in [1.54, 1.807) is 0 Å². The summed E-state index contributed by atoms with van der Waals surface area (Å²) in [5.74, 6) is 3.62. The van der Waals surface area contributed by atoms with Crippen LogP contribution in [0.1, 0.15) is 86.5 Å². The summed E-state index contributed by atoms with van der Waals surface area (Å²) in [6.45, 7) is 19.4. The van der Waals surface area contributed by atoms with E-state index in [1.165, 1.54) is 51.8 Å². The van der Waals surface area contributed by atoms with E-state index in [0.29, 0.717) is 5.04 Å². The van der Waals surface area contributed by atoms with Gasteiger partial charge in [-0.05, 0) is 0 Å². The molecule has 0 N–H and O–H groups in total. The molecule has 0 aromatic heterocycles. The second-order valence-corrected chi connectivity index (χ2v) is 26.4. The van der Waals surface area contributed by atoms with E-state index in [4.69, 9.17) is 4.43 Å². The van der Waals surface area contributed by atoms with Crippen LogP contribution in [0.25, 0.3) is 0 Å². The summed E-state index contributed by atoms with van der Waals surface area (Å²) in [5, 5.41) is 0.298. The van der Waals surface area contributed by atoms with Crippen molar-refractivity contribution in [3.05, 3.63) is 0 Å². The number of hydrogen-bond donors (Lipinski definition) is 0. The predicted octanol–water partition coefficient (Wildman–Crippen LogP) is 7.79. The summed E-state index contributed by atoms with van der Waals surface area (Å²) in [7, 11) is -1.61. The molecular weight excluding hydrogens is 427 g/mol. The maximum absolute atomic E-state index is 6.31. The van der Waals surface area contributed by atoms with Crippen molar-refractivity contribution < 1.29 is 4.43 Å². The van der Waals surface area contributed by atoms with Crippen molar-refractivity contribution in [2.24, 2.45) is 0 Å². The number of unbranched alkanes of at least 4 members (excludes halogenated alkanes) is 3. The van der Waals surface area contributed by atoms with Crippen LogP contribution in [0.15, 0.2) is 0 Å². The molecule has 0 aliphatic heterocycles. The Hall–Kier alpha value is 0.536. The van der Waals surface area contributed by atoms with E-state index in [-0.39, 0.29) is 0 Å². The average molecular weight is 473 g/mol. The monoisotopic (exact) mass is 474 g/mol. The fourth-order valence-corrected chi connectivity index (χ4v) is 17.4. The third kappa shape index (κ3) is 10.4. The summed E-state index contributed by atoms with van der Waals surface area (Å²) in [5.41, 5.74) is 0. The summed E-state index contributed by atoms with van der Waals surface area (Å²) in [4.78, 5) is 0. The second kappa shape index (κ2) is 12.8. The van der Waals surface area contributed by atoms with Crippen molar-refractivity contribution >= 4 is 26.7 Å². The Morgan fingerprint density at radius 3 is 1.64 bits per heavy atom. The topological polar surface area (TPSA) is 9.23 Å². The summed E-state index contributed by atoms with van der Waals surface area (Å²) >= 11 is -2.25. The van der Waals surface area contributed by atoms with Gasteiger partial charge in [-0.25, -0.2) is 0 Å². The van der Waals surface area contributed by atoms with Crippen LogP contribution in [-0.4, -0.2) is 33.3 Å². The minimum atomic E-state index is -2.25. The van der Waals surface area contributed by atoms with Crippen molar-refractivity contribution in [2.45, 2.75) is 118 Å². The molecule has 25 heavy (non-hydrogen) atoms. The van der Waals surface area contributed by atoms with E-state index in [0.717, 1.165) is 13.0 Å². The molecule has 0 amide bonds. The zero-order valence-corrected chi connectivity index (χ0v) is 22.5. The first-order valence-electron chi connectivity index (χ1n) is 10.8. The molecule has 0 atom stereocenters. The molecule has 0 saturated heterocycles. The van der Waals surface area contributed by atoms with Crippen LogP contribution >= 0.6 is 0 Å². The standard InChI is InChI=1S/C10H19OSi.3C4H9.Sn/c1-7-8-9-11-12(5,6)10(2,3)4;3*1-3-4-2;/h8-9H2,2-6H3;3*1,3-4H2,2H3;. The Morgan fingerprint density at radius 2 is 1.28 bits per heavy atom. The first-order valence-corrected chi connectivity index (χ1v) is 21.2. The van der Waals surface area contributed by atoms with E-state index in [9.17, 15) is 0 Å². The van der Waals surface area contributed by atoms with Crippen molar-refractivity contribution in [2.75, 3.05) is 6.61 Å². The molecule has 0 unspecified atom stereocenters. The van der Waals surface area contributed by atoms with Crippen LogP contribution in [0, 0.1) is 9.86 Å². The van der Waals surface area contributed by atoms with Crippen molar-refractivity contribution in [1.82, 2.24) is 0 Å². The van der Waals surface area contributed by atoms with Gasteiger partial charge < -0.3 is 0 Å². The van der Waals surface area contributed by atoms with Crippen LogP contribution in [0.4, 0.5) is 0 Å². The van der Waals surface area contributed by atoms with E-state index < -0.39 is 26.7 Å². The minimum absolute atomic E-state index is 0.298. The predicted molar refractivity (Wildman–Crippen MR) is 120 cm³/mol. The molecule has 0 aliphatic rings. The Morgan fingerprint density at radius 1 is 0.840 bits per heavy atom. The summed E-state index contributed by atoms with van der Waals surface area (Å²) in [6.07, 6.45) is 9.12. The van der Waals surface area contributed by atoms with Crippen LogP contribution in [0.3, 0.4) is 0 Å². The van der Waals surface area contributed by atoms with Gasteiger partial charge in [0.1, 0.15) is 0 Å². The molecule has 3 heteroatoms. The Bertz CT molecular complexity index is 379. The second-order valence-electron chi connectivity index (χ2n) is 9.25. The number of rotatable bonds is 12. The first kappa shape index (κ1) is 25.5. The molecule has 0 spiro atoms. The molecule has 148 valence electrons. The van der Waals surface area contributed by atoms with Crippen molar-refractivity contribution in [1.29, 1.82) is 0 Å². The zero-order valence-electron chi connectivity index (χ0n) is 18.7. The normalized spacial score (nSPS) is 12.8. The quantitative estimate of drug-likeness (QED) is 0.160. The average Bonchev–Trinajstić information content (AvgIpc) is 2.54. The molecule has 0 heterocycles. The van der Waals surface area contributed by atoms with Crippen LogP contribution in [0.5, 0.6) is 0 Å². The third-order valence-electron chi connectivity index (χ3n) is 5.88. The molecule has 0 fully saturated rings. The molecule has 0 rings (SSSR count). The van der Waals surface area contributed by atoms with Gasteiger partial charge >= 0.3 is 166 Å². The van der Waals surface area contributed by atoms with Gasteiger partial charge in [0, 0.05) is 0 Å². The van der Waals surface area contributed by atoms with Crippen molar-refractivity contribution in [3.63, 3.8) is 0 Å². The first-order chi connectivity index (χ1) is 11.6. The van der Waals surface area contributed by atoms with E-state index >= 15 is 0 Å².